The van der Waals surface area contributed by atoms with Gasteiger partial charge in [-0.2, -0.15) is 0 Å². The Labute approximate surface area is 114 Å². The molecule has 1 heterocycles. The molecular formula is C13H10Cl2FNO. The number of halogens is 3. The first-order valence-corrected chi connectivity index (χ1v) is 6.04. The molecule has 2 rings (SSSR count). The molecule has 0 unspecified atom stereocenters. The lowest BCUT2D eigenvalue weighted by molar-refractivity contribution is 0.281. The summed E-state index contributed by atoms with van der Waals surface area (Å²) >= 11 is 11.5. The van der Waals surface area contributed by atoms with Gasteiger partial charge in [0.25, 0.3) is 0 Å². The number of benzene rings is 1. The molecule has 1 aromatic heterocycles. The van der Waals surface area contributed by atoms with Crippen molar-refractivity contribution in [3.05, 3.63) is 63.1 Å². The van der Waals surface area contributed by atoms with E-state index in [1.807, 2.05) is 0 Å². The summed E-state index contributed by atoms with van der Waals surface area (Å²) in [5, 5.41) is 9.44. The van der Waals surface area contributed by atoms with Crippen LogP contribution in [0.1, 0.15) is 16.7 Å². The van der Waals surface area contributed by atoms with Gasteiger partial charge in [-0.05, 0) is 23.3 Å². The Morgan fingerprint density at radius 2 is 2.00 bits per heavy atom. The molecule has 1 aromatic carbocycles. The Morgan fingerprint density at radius 3 is 2.72 bits per heavy atom. The van der Waals surface area contributed by atoms with Gasteiger partial charge in [0.1, 0.15) is 11.0 Å². The third kappa shape index (κ3) is 2.80. The van der Waals surface area contributed by atoms with Crippen LogP contribution in [0.4, 0.5) is 4.39 Å². The van der Waals surface area contributed by atoms with E-state index in [0.29, 0.717) is 17.5 Å². The van der Waals surface area contributed by atoms with Crippen molar-refractivity contribution in [2.75, 3.05) is 0 Å². The maximum atomic E-state index is 13.7. The van der Waals surface area contributed by atoms with Crippen molar-refractivity contribution in [2.45, 2.75) is 13.0 Å². The topological polar surface area (TPSA) is 33.1 Å². The first-order valence-electron chi connectivity index (χ1n) is 5.29. The van der Waals surface area contributed by atoms with E-state index < -0.39 is 5.82 Å². The molecule has 0 saturated carbocycles. The molecule has 18 heavy (non-hydrogen) atoms. The summed E-state index contributed by atoms with van der Waals surface area (Å²) in [6, 6.07) is 6.56. The van der Waals surface area contributed by atoms with Gasteiger partial charge in [-0.3, -0.25) is 0 Å². The van der Waals surface area contributed by atoms with Gasteiger partial charge in [0, 0.05) is 18.2 Å². The first kappa shape index (κ1) is 13.3. The second kappa shape index (κ2) is 5.65. The lowest BCUT2D eigenvalue weighted by atomic mass is 10.0. The van der Waals surface area contributed by atoms with Crippen molar-refractivity contribution in [3.63, 3.8) is 0 Å². The number of nitrogens with zero attached hydrogens (tertiary/aromatic N) is 1. The van der Waals surface area contributed by atoms with E-state index in [-0.39, 0.29) is 16.8 Å². The molecule has 0 amide bonds. The maximum Gasteiger partial charge on any atom is 0.145 e. The smallest absolute Gasteiger partial charge is 0.145 e. The predicted molar refractivity (Wildman–Crippen MR) is 69.4 cm³/mol. The molecule has 0 aliphatic heterocycles. The second-order valence-electron chi connectivity index (χ2n) is 3.84. The van der Waals surface area contributed by atoms with E-state index in [4.69, 9.17) is 28.3 Å². The van der Waals surface area contributed by atoms with Gasteiger partial charge in [-0.1, -0.05) is 35.3 Å². The Morgan fingerprint density at radius 1 is 1.22 bits per heavy atom. The van der Waals surface area contributed by atoms with Crippen molar-refractivity contribution >= 4 is 23.2 Å². The average Bonchev–Trinajstić information content (AvgIpc) is 2.37. The van der Waals surface area contributed by atoms with Gasteiger partial charge in [0.15, 0.2) is 0 Å². The lowest BCUT2D eigenvalue weighted by Crippen LogP contribution is -1.97. The summed E-state index contributed by atoms with van der Waals surface area (Å²) in [5.74, 6) is -0.431. The first-order chi connectivity index (χ1) is 8.61. The van der Waals surface area contributed by atoms with E-state index in [9.17, 15) is 4.39 Å². The summed E-state index contributed by atoms with van der Waals surface area (Å²) in [5.41, 5.74) is 1.77. The zero-order valence-electron chi connectivity index (χ0n) is 9.33. The Bertz CT molecular complexity index is 575. The van der Waals surface area contributed by atoms with Gasteiger partial charge < -0.3 is 5.11 Å². The van der Waals surface area contributed by atoms with Crippen LogP contribution in [0.2, 0.25) is 10.2 Å². The summed E-state index contributed by atoms with van der Waals surface area (Å²) in [7, 11) is 0. The highest BCUT2D eigenvalue weighted by Gasteiger charge is 2.09. The third-order valence-corrected chi connectivity index (χ3v) is 3.20. The monoisotopic (exact) mass is 285 g/mol. The molecule has 2 aromatic rings. The molecule has 0 spiro atoms. The minimum atomic E-state index is -0.431. The molecule has 0 atom stereocenters. The van der Waals surface area contributed by atoms with Gasteiger partial charge in [-0.15, -0.1) is 0 Å². The number of pyridine rings is 1. The average molecular weight is 286 g/mol. The van der Waals surface area contributed by atoms with E-state index in [2.05, 4.69) is 4.98 Å². The Hall–Kier alpha value is -1.16. The predicted octanol–water partition coefficient (Wildman–Crippen LogP) is 3.61. The standard InChI is InChI=1S/C13H10Cl2FNO/c14-11-3-1-2-9(12(11)16)4-8-5-10(7-18)13(15)17-6-8/h1-3,5-6,18H,4,7H2. The zero-order valence-corrected chi connectivity index (χ0v) is 10.8. The fourth-order valence-electron chi connectivity index (χ4n) is 1.66. The Kier molecular flexibility index (Phi) is 4.17. The van der Waals surface area contributed by atoms with Crippen LogP contribution in [0.5, 0.6) is 0 Å². The van der Waals surface area contributed by atoms with Gasteiger partial charge in [-0.25, -0.2) is 9.37 Å². The number of hydrogen-bond donors (Lipinski definition) is 1. The fraction of sp³-hybridized carbons (Fsp3) is 0.154. The van der Waals surface area contributed by atoms with Crippen LogP contribution in [-0.4, -0.2) is 10.1 Å². The van der Waals surface area contributed by atoms with Crippen molar-refractivity contribution in [2.24, 2.45) is 0 Å². The van der Waals surface area contributed by atoms with E-state index in [0.717, 1.165) is 5.56 Å². The van der Waals surface area contributed by atoms with Crippen LogP contribution in [0.3, 0.4) is 0 Å². The minimum Gasteiger partial charge on any atom is -0.392 e. The zero-order chi connectivity index (χ0) is 13.1. The van der Waals surface area contributed by atoms with Crippen LogP contribution in [0, 0.1) is 5.82 Å². The van der Waals surface area contributed by atoms with Crippen molar-refractivity contribution < 1.29 is 9.50 Å². The fourth-order valence-corrected chi connectivity index (χ4v) is 2.01. The number of hydrogen-bond acceptors (Lipinski definition) is 2. The van der Waals surface area contributed by atoms with Crippen molar-refractivity contribution in [1.82, 2.24) is 4.98 Å². The molecule has 0 saturated heterocycles. The highest BCUT2D eigenvalue weighted by molar-refractivity contribution is 6.30. The summed E-state index contributed by atoms with van der Waals surface area (Å²) in [4.78, 5) is 3.95. The molecule has 0 fully saturated rings. The van der Waals surface area contributed by atoms with Crippen LogP contribution in [0.15, 0.2) is 30.5 Å². The van der Waals surface area contributed by atoms with Gasteiger partial charge in [0.2, 0.25) is 0 Å². The van der Waals surface area contributed by atoms with Gasteiger partial charge in [0.05, 0.1) is 11.6 Å². The molecule has 0 radical (unpaired) electrons. The summed E-state index contributed by atoms with van der Waals surface area (Å²) < 4.78 is 13.7. The number of rotatable bonds is 3. The third-order valence-electron chi connectivity index (χ3n) is 2.56. The van der Waals surface area contributed by atoms with Gasteiger partial charge >= 0.3 is 0 Å². The normalized spacial score (nSPS) is 10.7. The number of aromatic nitrogens is 1. The molecule has 2 nitrogen and oxygen atoms in total. The molecule has 1 N–H and O–H groups in total. The largest absolute Gasteiger partial charge is 0.392 e. The quantitative estimate of drug-likeness (QED) is 0.874. The molecule has 0 bridgehead atoms. The highest BCUT2D eigenvalue weighted by atomic mass is 35.5. The molecule has 0 aliphatic rings. The maximum absolute atomic E-state index is 13.7. The number of aliphatic hydroxyl groups excluding tert-OH is 1. The van der Waals surface area contributed by atoms with Crippen LogP contribution in [0.25, 0.3) is 0 Å². The van der Waals surface area contributed by atoms with Crippen LogP contribution >= 0.6 is 23.2 Å². The molecule has 0 aliphatic carbocycles. The molecule has 5 heteroatoms. The van der Waals surface area contributed by atoms with Crippen LogP contribution in [-0.2, 0) is 13.0 Å². The highest BCUT2D eigenvalue weighted by Crippen LogP contribution is 2.22. The summed E-state index contributed by atoms with van der Waals surface area (Å²) in [6.45, 7) is -0.197. The van der Waals surface area contributed by atoms with Crippen molar-refractivity contribution in [3.8, 4) is 0 Å². The Balaban J connectivity index is 2.31. The van der Waals surface area contributed by atoms with E-state index >= 15 is 0 Å². The van der Waals surface area contributed by atoms with E-state index in [1.165, 1.54) is 6.07 Å². The lowest BCUT2D eigenvalue weighted by Gasteiger charge is -2.07. The molecular weight excluding hydrogens is 276 g/mol. The summed E-state index contributed by atoms with van der Waals surface area (Å²) in [6.07, 6.45) is 1.91. The van der Waals surface area contributed by atoms with E-state index in [1.54, 1.807) is 24.4 Å². The molecule has 94 valence electrons. The van der Waals surface area contributed by atoms with Crippen LogP contribution < -0.4 is 0 Å². The number of aliphatic hydroxyl groups is 1. The minimum absolute atomic E-state index is 0.0943. The second-order valence-corrected chi connectivity index (χ2v) is 4.61. The van der Waals surface area contributed by atoms with Crippen molar-refractivity contribution in [1.29, 1.82) is 0 Å². The SMILES string of the molecule is OCc1cc(Cc2cccc(Cl)c2F)cnc1Cl.